The van der Waals surface area contributed by atoms with Crippen molar-refractivity contribution in [2.45, 2.75) is 45.6 Å². The summed E-state index contributed by atoms with van der Waals surface area (Å²) in [6.07, 6.45) is 12.1. The summed E-state index contributed by atoms with van der Waals surface area (Å²) in [6.45, 7) is 13.2. The first-order chi connectivity index (χ1) is 24.5. The Bertz CT molecular complexity index is 2050. The van der Waals surface area contributed by atoms with Gasteiger partial charge < -0.3 is 24.8 Å². The zero-order chi connectivity index (χ0) is 35.9. The molecule has 2 aromatic heterocycles. The molecule has 0 unspecified atom stereocenters. The van der Waals surface area contributed by atoms with E-state index in [2.05, 4.69) is 46.5 Å². The number of fused-ring (bicyclic) bond motifs is 2. The largest absolute Gasteiger partial charge is 0.508 e. The van der Waals surface area contributed by atoms with E-state index in [1.165, 1.54) is 36.5 Å². The van der Waals surface area contributed by atoms with E-state index in [0.29, 0.717) is 49.5 Å². The van der Waals surface area contributed by atoms with Gasteiger partial charge in [-0.05, 0) is 60.8 Å². The number of morpholine rings is 1. The number of aromatic hydroxyl groups is 1. The number of hydrogen-bond acceptors (Lipinski definition) is 9. The average molecular weight is 697 g/mol. The summed E-state index contributed by atoms with van der Waals surface area (Å²) < 4.78 is 43.8. The number of aromatic nitrogens is 3. The first kappa shape index (κ1) is 34.6. The highest BCUT2D eigenvalue weighted by Gasteiger charge is 2.45. The van der Waals surface area contributed by atoms with E-state index in [1.54, 1.807) is 0 Å². The Balaban J connectivity index is 1.34. The van der Waals surface area contributed by atoms with Crippen LogP contribution in [0.2, 0.25) is 0 Å². The summed E-state index contributed by atoms with van der Waals surface area (Å²) in [5, 5.41) is 14.7. The predicted octanol–water partition coefficient (Wildman–Crippen LogP) is 5.60. The molecule has 0 radical (unpaired) electrons. The number of carbonyl (C=O) groups is 1. The lowest BCUT2D eigenvalue weighted by Crippen LogP contribution is -2.49. The molecule has 2 aliphatic heterocycles. The van der Waals surface area contributed by atoms with Crippen molar-refractivity contribution >= 4 is 33.4 Å². The van der Waals surface area contributed by atoms with Gasteiger partial charge in [-0.15, -0.1) is 6.42 Å². The van der Waals surface area contributed by atoms with Crippen LogP contribution in [0.5, 0.6) is 11.8 Å². The van der Waals surface area contributed by atoms with Gasteiger partial charge in [-0.3, -0.25) is 14.7 Å². The topological polar surface area (TPSA) is 113 Å². The quantitative estimate of drug-likeness (QED) is 0.171. The summed E-state index contributed by atoms with van der Waals surface area (Å²) in [7, 11) is 0. The maximum atomic E-state index is 17.0. The van der Waals surface area contributed by atoms with Crippen LogP contribution in [0.25, 0.3) is 32.9 Å². The normalized spacial score (nSPS) is 20.1. The van der Waals surface area contributed by atoms with E-state index in [4.69, 9.17) is 20.9 Å². The summed E-state index contributed by atoms with van der Waals surface area (Å²) >= 11 is 0. The van der Waals surface area contributed by atoms with Crippen molar-refractivity contribution in [1.82, 2.24) is 25.2 Å². The van der Waals surface area contributed by atoms with Gasteiger partial charge in [0.05, 0.1) is 36.8 Å². The third-order valence-electron chi connectivity index (χ3n) is 10.6. The van der Waals surface area contributed by atoms with Crippen LogP contribution < -0.4 is 15.0 Å². The number of phenolic OH excluding ortho intramolecular Hbond substituents is 1. The molecule has 4 heterocycles. The second kappa shape index (κ2) is 13.7. The number of halogens is 2. The highest BCUT2D eigenvalue weighted by atomic mass is 19.1. The van der Waals surface area contributed by atoms with Crippen molar-refractivity contribution in [3.8, 4) is 35.4 Å². The molecule has 10 nitrogen and oxygen atoms in total. The molecular formula is C39H42F2N6O4. The summed E-state index contributed by atoms with van der Waals surface area (Å²) in [6, 6.07) is 5.21. The van der Waals surface area contributed by atoms with Crippen LogP contribution >= 0.6 is 0 Å². The van der Waals surface area contributed by atoms with Gasteiger partial charge in [0.1, 0.15) is 28.6 Å². The van der Waals surface area contributed by atoms with Crippen molar-refractivity contribution in [2.24, 2.45) is 10.8 Å². The molecule has 266 valence electrons. The molecule has 1 atom stereocenters. The van der Waals surface area contributed by atoms with Crippen LogP contribution in [0, 0.1) is 34.8 Å². The number of carbonyl (C=O) groups excluding carboxylic acids is 1. The summed E-state index contributed by atoms with van der Waals surface area (Å²) in [5.74, 6) is 0.937. The van der Waals surface area contributed by atoms with Gasteiger partial charge in [-0.2, -0.15) is 9.97 Å². The number of pyridine rings is 1. The minimum absolute atomic E-state index is 0.0214. The van der Waals surface area contributed by atoms with E-state index in [-0.39, 0.29) is 62.3 Å². The van der Waals surface area contributed by atoms with Crippen LogP contribution in [0.4, 0.5) is 14.6 Å². The zero-order valence-electron chi connectivity index (χ0n) is 29.0. The maximum Gasteiger partial charge on any atom is 0.319 e. The number of anilines is 1. The van der Waals surface area contributed by atoms with Crippen LogP contribution in [0.1, 0.15) is 45.1 Å². The smallest absolute Gasteiger partial charge is 0.319 e. The molecule has 2 N–H and O–H groups in total. The standard InChI is InChI=1S/C39H42F2N6O4/c1-5-26-29(40)9-8-24-18-25(48)19-27(32(24)26)34-33(41)35-28(20-42-34)36(47-13-7-10-38(3,4)30(21-47)43-31(49)6-2)45-37(44-35)51-23-39(11-12-39)22-46-14-16-50-17-15-46/h1,6,8-9,18-20,30,48H,2,7,10-17,21-23H2,3-4H3,(H,43,49)/t30-/m0/s1. The Labute approximate surface area is 295 Å². The molecule has 3 fully saturated rings. The van der Waals surface area contributed by atoms with E-state index < -0.39 is 11.6 Å². The van der Waals surface area contributed by atoms with E-state index in [9.17, 15) is 14.3 Å². The van der Waals surface area contributed by atoms with Gasteiger partial charge >= 0.3 is 6.01 Å². The Morgan fingerprint density at radius 2 is 1.98 bits per heavy atom. The lowest BCUT2D eigenvalue weighted by atomic mass is 9.81. The third kappa shape index (κ3) is 6.93. The molecule has 1 saturated carbocycles. The maximum absolute atomic E-state index is 17.0. The molecule has 7 rings (SSSR count). The van der Waals surface area contributed by atoms with Crippen molar-refractivity contribution in [3.05, 3.63) is 60.3 Å². The van der Waals surface area contributed by atoms with Gasteiger partial charge in [-0.1, -0.05) is 32.4 Å². The van der Waals surface area contributed by atoms with Gasteiger partial charge in [-0.25, -0.2) is 8.78 Å². The first-order valence-electron chi connectivity index (χ1n) is 17.4. The van der Waals surface area contributed by atoms with Crippen molar-refractivity contribution < 1.29 is 28.2 Å². The number of terminal acetylenes is 1. The number of phenols is 1. The van der Waals surface area contributed by atoms with Gasteiger partial charge in [0, 0.05) is 55.3 Å². The van der Waals surface area contributed by atoms with Crippen molar-refractivity contribution in [3.63, 3.8) is 0 Å². The molecular weight excluding hydrogens is 654 g/mol. The number of ether oxygens (including phenoxy) is 2. The second-order valence-corrected chi connectivity index (χ2v) is 14.7. The molecule has 1 aliphatic carbocycles. The number of nitrogens with one attached hydrogen (secondary N) is 1. The number of benzene rings is 2. The van der Waals surface area contributed by atoms with Gasteiger partial charge in [0.15, 0.2) is 5.82 Å². The van der Waals surface area contributed by atoms with Crippen LogP contribution in [0.15, 0.2) is 43.1 Å². The Hall–Kier alpha value is -4.86. The highest BCUT2D eigenvalue weighted by Crippen LogP contribution is 2.47. The van der Waals surface area contributed by atoms with Crippen molar-refractivity contribution in [2.75, 3.05) is 57.4 Å². The first-order valence-corrected chi connectivity index (χ1v) is 17.4. The van der Waals surface area contributed by atoms with Crippen LogP contribution in [-0.4, -0.2) is 89.5 Å². The monoisotopic (exact) mass is 696 g/mol. The SMILES string of the molecule is C#Cc1c(F)ccc2cc(O)cc(-c3ncc4c(N5CCCC(C)(C)[C@@H](NC(=O)C=C)C5)nc(OCC5(CN6CCOCC6)CC5)nc4c3F)c12. The number of rotatable bonds is 9. The highest BCUT2D eigenvalue weighted by molar-refractivity contribution is 6.03. The average Bonchev–Trinajstić information content (AvgIpc) is 3.90. The fraction of sp³-hybridized carbons (Fsp3) is 0.436. The molecule has 0 spiro atoms. The van der Waals surface area contributed by atoms with E-state index in [0.717, 1.165) is 45.3 Å². The minimum atomic E-state index is -0.791. The Kier molecular flexibility index (Phi) is 9.29. The van der Waals surface area contributed by atoms with Crippen molar-refractivity contribution in [1.29, 1.82) is 0 Å². The summed E-state index contributed by atoms with van der Waals surface area (Å²) in [4.78, 5) is 30.9. The fourth-order valence-corrected chi connectivity index (χ4v) is 7.37. The lowest BCUT2D eigenvalue weighted by Gasteiger charge is -2.35. The van der Waals surface area contributed by atoms with Gasteiger partial charge in [0.25, 0.3) is 0 Å². The number of hydrogen-bond donors (Lipinski definition) is 2. The molecule has 2 saturated heterocycles. The van der Waals surface area contributed by atoms with Crippen LogP contribution in [-0.2, 0) is 9.53 Å². The lowest BCUT2D eigenvalue weighted by molar-refractivity contribution is -0.117. The molecule has 2 aromatic carbocycles. The molecule has 1 amide bonds. The molecule has 3 aliphatic rings. The van der Waals surface area contributed by atoms with E-state index in [1.807, 2.05) is 4.90 Å². The molecule has 0 bridgehead atoms. The Morgan fingerprint density at radius 1 is 1.20 bits per heavy atom. The molecule has 4 aromatic rings. The minimum Gasteiger partial charge on any atom is -0.508 e. The number of nitrogens with zero attached hydrogens (tertiary/aromatic N) is 5. The second-order valence-electron chi connectivity index (χ2n) is 14.7. The third-order valence-corrected chi connectivity index (χ3v) is 10.6. The summed E-state index contributed by atoms with van der Waals surface area (Å²) in [5.41, 5.74) is -0.425. The van der Waals surface area contributed by atoms with Crippen LogP contribution in [0.3, 0.4) is 0 Å². The number of amides is 1. The predicted molar refractivity (Wildman–Crippen MR) is 192 cm³/mol. The fourth-order valence-electron chi connectivity index (χ4n) is 7.37. The van der Waals surface area contributed by atoms with Gasteiger partial charge in [0.2, 0.25) is 5.91 Å². The molecule has 12 heteroatoms. The Morgan fingerprint density at radius 3 is 2.71 bits per heavy atom. The van der Waals surface area contributed by atoms with E-state index >= 15 is 4.39 Å². The zero-order valence-corrected chi connectivity index (χ0v) is 29.0. The molecule has 51 heavy (non-hydrogen) atoms.